The highest BCUT2D eigenvalue weighted by molar-refractivity contribution is 7.92. The summed E-state index contributed by atoms with van der Waals surface area (Å²) in [6.07, 6.45) is -9.74. The number of pyridine rings is 1. The van der Waals surface area contributed by atoms with Gasteiger partial charge in [0.05, 0.1) is 28.0 Å². The SMILES string of the molecule is Cc1nn(CC(F)(F)F)c2c(-c3ccc(C#CC(C)(C)S(C)(=O)=O)nc3[C@H](Cc3cc(F)cc(F)c3)NC(=O)Cn3nc(C(F)(F)F)c4c3C(F)(F)[C@@H]3C[C@H]43)ccc(Cl)c12. The highest BCUT2D eigenvalue weighted by Gasteiger charge is 2.68. The lowest BCUT2D eigenvalue weighted by Gasteiger charge is -2.23. The van der Waals surface area contributed by atoms with Gasteiger partial charge in [-0.05, 0) is 81.3 Å². The van der Waals surface area contributed by atoms with Crippen LogP contribution in [0.15, 0.2) is 42.5 Å². The smallest absolute Gasteiger partial charge is 0.346 e. The lowest BCUT2D eigenvalue weighted by atomic mass is 9.93. The van der Waals surface area contributed by atoms with Gasteiger partial charge in [0.2, 0.25) is 5.91 Å². The molecule has 60 heavy (non-hydrogen) atoms. The lowest BCUT2D eigenvalue weighted by molar-refractivity contribution is -0.143. The van der Waals surface area contributed by atoms with Crippen LogP contribution in [0.1, 0.15) is 71.8 Å². The van der Waals surface area contributed by atoms with Gasteiger partial charge in [-0.2, -0.15) is 45.3 Å². The molecule has 3 aromatic heterocycles. The van der Waals surface area contributed by atoms with E-state index in [9.17, 15) is 48.3 Å². The average molecular weight is 889 g/mol. The van der Waals surface area contributed by atoms with Gasteiger partial charge >= 0.3 is 12.4 Å². The molecule has 2 aliphatic carbocycles. The Balaban J connectivity index is 1.42. The van der Waals surface area contributed by atoms with Gasteiger partial charge in [0.1, 0.15) is 40.9 Å². The number of nitrogens with zero attached hydrogens (tertiary/aromatic N) is 5. The van der Waals surface area contributed by atoms with Crippen molar-refractivity contribution in [3.05, 3.63) is 98.7 Å². The second-order valence-corrected chi connectivity index (χ2v) is 18.3. The Morgan fingerprint density at radius 3 is 2.27 bits per heavy atom. The monoisotopic (exact) mass is 888 g/mol. The summed E-state index contributed by atoms with van der Waals surface area (Å²) in [4.78, 5) is 18.5. The number of carbonyl (C=O) groups is 1. The maximum absolute atomic E-state index is 15.4. The van der Waals surface area contributed by atoms with Crippen LogP contribution in [0.3, 0.4) is 0 Å². The Labute approximate surface area is 340 Å². The number of sulfone groups is 1. The highest BCUT2D eigenvalue weighted by Crippen LogP contribution is 2.68. The molecule has 0 radical (unpaired) electrons. The zero-order valence-electron chi connectivity index (χ0n) is 31.6. The van der Waals surface area contributed by atoms with Crippen molar-refractivity contribution < 1.29 is 57.1 Å². The first-order valence-corrected chi connectivity index (χ1v) is 20.2. The molecule has 318 valence electrons. The van der Waals surface area contributed by atoms with E-state index in [0.29, 0.717) is 10.7 Å². The minimum absolute atomic E-state index is 0.000907. The molecule has 0 spiro atoms. The molecule has 0 bridgehead atoms. The van der Waals surface area contributed by atoms with E-state index in [1.54, 1.807) is 0 Å². The third-order valence-electron chi connectivity index (χ3n) is 10.5. The molecule has 1 fully saturated rings. The fraction of sp³-hybridized carbons (Fsp3) is 0.385. The summed E-state index contributed by atoms with van der Waals surface area (Å²) in [5.41, 5.74) is -3.94. The standard InChI is InChI=1S/C39H31ClF10N6O3S/c1-18-30-27(40)8-7-24(33(30)56(53-18)17-37(43,44)45)23-6-5-22(9-10-36(2,3)60(4,58)59)51-32(23)28(13-19-11-20(41)14-21(42)12-19)52-29(57)16-55-35-31(34(54-55)39(48,49)50)25-15-26(25)38(35,46)47/h5-8,11-12,14,25-26,28H,13,15-17H2,1-4H3,(H,52,57)/t25-,26+,28-/m0/s1. The van der Waals surface area contributed by atoms with Crippen LogP contribution in [0, 0.1) is 36.3 Å². The van der Waals surface area contributed by atoms with Gasteiger partial charge in [0, 0.05) is 40.3 Å². The number of hydrogen-bond donors (Lipinski definition) is 1. The molecular weight excluding hydrogens is 858 g/mol. The van der Waals surface area contributed by atoms with Crippen LogP contribution in [-0.2, 0) is 46.2 Å². The van der Waals surface area contributed by atoms with Crippen molar-refractivity contribution in [2.24, 2.45) is 5.92 Å². The largest absolute Gasteiger partial charge is 0.435 e. The highest BCUT2D eigenvalue weighted by atomic mass is 35.5. The Morgan fingerprint density at radius 1 is 1.00 bits per heavy atom. The van der Waals surface area contributed by atoms with Crippen LogP contribution < -0.4 is 5.32 Å². The van der Waals surface area contributed by atoms with Crippen LogP contribution in [0.4, 0.5) is 43.9 Å². The molecule has 5 aromatic rings. The van der Waals surface area contributed by atoms with Gasteiger partial charge in [0.25, 0.3) is 5.92 Å². The molecule has 1 N–H and O–H groups in total. The topological polar surface area (TPSA) is 112 Å². The molecular formula is C39H31ClF10N6O3S. The Hall–Kier alpha value is -5.16. The van der Waals surface area contributed by atoms with Gasteiger partial charge in [0.15, 0.2) is 15.5 Å². The van der Waals surface area contributed by atoms with E-state index < -0.39 is 105 Å². The second-order valence-electron chi connectivity index (χ2n) is 15.3. The second kappa shape index (κ2) is 14.5. The number of aryl methyl sites for hydroxylation is 1. The third kappa shape index (κ3) is 8.05. The molecule has 9 nitrogen and oxygen atoms in total. The number of nitrogens with one attached hydrogen (secondary N) is 1. The van der Waals surface area contributed by atoms with Gasteiger partial charge in [-0.25, -0.2) is 22.2 Å². The average Bonchev–Trinajstić information content (AvgIpc) is 3.64. The molecule has 3 atom stereocenters. The number of fused-ring (bicyclic) bond motifs is 4. The molecule has 2 aromatic carbocycles. The summed E-state index contributed by atoms with van der Waals surface area (Å²) < 4.78 is 168. The van der Waals surface area contributed by atoms with E-state index in [0.717, 1.165) is 18.4 Å². The summed E-state index contributed by atoms with van der Waals surface area (Å²) in [5, 5.41) is 10.1. The third-order valence-corrected chi connectivity index (χ3v) is 12.8. The van der Waals surface area contributed by atoms with Crippen molar-refractivity contribution in [1.82, 2.24) is 29.9 Å². The van der Waals surface area contributed by atoms with E-state index >= 15 is 8.78 Å². The van der Waals surface area contributed by atoms with E-state index in [4.69, 9.17) is 11.6 Å². The number of rotatable bonds is 9. The normalized spacial score (nSPS) is 17.9. The molecule has 21 heteroatoms. The van der Waals surface area contributed by atoms with Crippen LogP contribution in [-0.4, -0.2) is 56.0 Å². The molecule has 1 amide bonds. The Bertz CT molecular complexity index is 2750. The predicted molar refractivity (Wildman–Crippen MR) is 197 cm³/mol. The summed E-state index contributed by atoms with van der Waals surface area (Å²) in [6, 6.07) is 6.07. The van der Waals surface area contributed by atoms with Crippen molar-refractivity contribution >= 4 is 38.2 Å². The first-order chi connectivity index (χ1) is 27.7. The number of aromatic nitrogens is 5. The van der Waals surface area contributed by atoms with Crippen molar-refractivity contribution in [3.8, 4) is 23.0 Å². The maximum Gasteiger partial charge on any atom is 0.435 e. The van der Waals surface area contributed by atoms with E-state index in [1.165, 1.54) is 45.0 Å². The van der Waals surface area contributed by atoms with E-state index in [2.05, 4.69) is 32.3 Å². The van der Waals surface area contributed by atoms with Crippen molar-refractivity contribution in [2.45, 2.75) is 81.7 Å². The first-order valence-electron chi connectivity index (χ1n) is 17.9. The van der Waals surface area contributed by atoms with Gasteiger partial charge < -0.3 is 5.32 Å². The molecule has 7 rings (SSSR count). The van der Waals surface area contributed by atoms with E-state index in [-0.39, 0.29) is 60.8 Å². The number of halogens is 11. The zero-order chi connectivity index (χ0) is 44.1. The van der Waals surface area contributed by atoms with Gasteiger partial charge in [-0.1, -0.05) is 23.6 Å². The van der Waals surface area contributed by atoms with Crippen molar-refractivity contribution in [1.29, 1.82) is 0 Å². The molecule has 0 unspecified atom stereocenters. The Kier molecular flexibility index (Phi) is 10.4. The molecule has 0 saturated heterocycles. The van der Waals surface area contributed by atoms with Crippen LogP contribution in [0.5, 0.6) is 0 Å². The summed E-state index contributed by atoms with van der Waals surface area (Å²) >= 11 is 6.46. The minimum Gasteiger partial charge on any atom is -0.346 e. The van der Waals surface area contributed by atoms with Crippen molar-refractivity contribution in [2.75, 3.05) is 6.26 Å². The van der Waals surface area contributed by atoms with Crippen molar-refractivity contribution in [3.63, 3.8) is 0 Å². The first kappa shape index (κ1) is 42.9. The number of carbonyl (C=O) groups excluding carboxylic acids is 1. The molecule has 0 aliphatic heterocycles. The molecule has 3 heterocycles. The predicted octanol–water partition coefficient (Wildman–Crippen LogP) is 8.60. The number of hydrogen-bond acceptors (Lipinski definition) is 6. The minimum atomic E-state index is -5.14. The number of benzene rings is 2. The number of alkyl halides is 8. The summed E-state index contributed by atoms with van der Waals surface area (Å²) in [6.45, 7) is 1.26. The van der Waals surface area contributed by atoms with Crippen LogP contribution in [0.25, 0.3) is 22.0 Å². The fourth-order valence-corrected chi connectivity index (χ4v) is 7.98. The maximum atomic E-state index is 15.4. The number of amides is 1. The Morgan fingerprint density at radius 2 is 1.65 bits per heavy atom. The zero-order valence-corrected chi connectivity index (χ0v) is 33.2. The van der Waals surface area contributed by atoms with Gasteiger partial charge in [-0.15, -0.1) is 0 Å². The fourth-order valence-electron chi connectivity index (χ4n) is 7.46. The summed E-state index contributed by atoms with van der Waals surface area (Å²) in [7, 11) is -3.79. The van der Waals surface area contributed by atoms with Crippen LogP contribution in [0.2, 0.25) is 5.02 Å². The molecule has 1 saturated carbocycles. The quantitative estimate of drug-likeness (QED) is 0.117. The molecule has 2 aliphatic rings. The van der Waals surface area contributed by atoms with Gasteiger partial charge in [-0.3, -0.25) is 14.2 Å². The van der Waals surface area contributed by atoms with E-state index in [1.807, 2.05) is 0 Å². The summed E-state index contributed by atoms with van der Waals surface area (Å²) in [5.74, 6) is -4.38. The van der Waals surface area contributed by atoms with Crippen LogP contribution >= 0.6 is 11.6 Å². The lowest BCUT2D eigenvalue weighted by Crippen LogP contribution is -2.35.